The minimum Gasteiger partial charge on any atom is -0.478 e. The van der Waals surface area contributed by atoms with Gasteiger partial charge >= 0.3 is 5.97 Å². The second kappa shape index (κ2) is 7.58. The number of hydrogen-bond donors (Lipinski definition) is 2. The number of benzene rings is 2. The van der Waals surface area contributed by atoms with Crippen LogP contribution in [0.3, 0.4) is 0 Å². The summed E-state index contributed by atoms with van der Waals surface area (Å²) >= 11 is 0. The fraction of sp³-hybridized carbons (Fsp3) is 0.263. The van der Waals surface area contributed by atoms with Crippen LogP contribution in [-0.4, -0.2) is 23.0 Å². The van der Waals surface area contributed by atoms with Gasteiger partial charge in [-0.05, 0) is 43.0 Å². The molecule has 0 aromatic heterocycles. The second-order valence-corrected chi connectivity index (χ2v) is 5.77. The van der Waals surface area contributed by atoms with Crippen LogP contribution in [0.5, 0.6) is 0 Å². The van der Waals surface area contributed by atoms with Crippen LogP contribution in [0.4, 0.5) is 0 Å². The molecule has 2 rings (SSSR count). The Morgan fingerprint density at radius 2 is 1.61 bits per heavy atom. The highest BCUT2D eigenvalue weighted by Gasteiger charge is 2.18. The summed E-state index contributed by atoms with van der Waals surface area (Å²) in [4.78, 5) is 23.4. The average molecular weight is 311 g/mol. The quantitative estimate of drug-likeness (QED) is 0.855. The Morgan fingerprint density at radius 3 is 2.26 bits per heavy atom. The summed E-state index contributed by atoms with van der Waals surface area (Å²) in [7, 11) is 0. The van der Waals surface area contributed by atoms with Crippen molar-refractivity contribution in [1.82, 2.24) is 5.32 Å². The Hall–Kier alpha value is -2.62. The van der Waals surface area contributed by atoms with E-state index >= 15 is 0 Å². The van der Waals surface area contributed by atoms with E-state index in [-0.39, 0.29) is 17.9 Å². The van der Waals surface area contributed by atoms with Crippen molar-refractivity contribution in [2.45, 2.75) is 32.2 Å². The zero-order valence-electron chi connectivity index (χ0n) is 13.3. The first-order valence-electron chi connectivity index (χ1n) is 7.67. The molecule has 4 heteroatoms. The molecule has 2 aromatic carbocycles. The SMILES string of the molecule is CC(CC(C)c1ccccc1C(=O)O)NC(=O)c1ccccc1. The molecule has 0 aliphatic heterocycles. The summed E-state index contributed by atoms with van der Waals surface area (Å²) < 4.78 is 0. The molecule has 0 spiro atoms. The van der Waals surface area contributed by atoms with Gasteiger partial charge in [-0.3, -0.25) is 4.79 Å². The third kappa shape index (κ3) is 4.42. The van der Waals surface area contributed by atoms with Crippen molar-refractivity contribution in [3.05, 3.63) is 71.3 Å². The molecule has 0 saturated heterocycles. The lowest BCUT2D eigenvalue weighted by atomic mass is 9.90. The Balaban J connectivity index is 2.02. The maximum absolute atomic E-state index is 12.1. The minimum absolute atomic E-state index is 0.0355. The number of aromatic carboxylic acids is 1. The summed E-state index contributed by atoms with van der Waals surface area (Å²) in [6, 6.07) is 16.0. The fourth-order valence-electron chi connectivity index (χ4n) is 2.73. The smallest absolute Gasteiger partial charge is 0.335 e. The standard InChI is InChI=1S/C19H21NO3/c1-13(16-10-6-7-11-17(16)19(22)23)12-14(2)20-18(21)15-8-4-3-5-9-15/h3-11,13-14H,12H2,1-2H3,(H,20,21)(H,22,23). The van der Waals surface area contributed by atoms with E-state index < -0.39 is 5.97 Å². The molecular formula is C19H21NO3. The molecule has 0 bridgehead atoms. The topological polar surface area (TPSA) is 66.4 Å². The molecule has 0 aliphatic carbocycles. The van der Waals surface area contributed by atoms with Crippen LogP contribution in [0.25, 0.3) is 0 Å². The monoisotopic (exact) mass is 311 g/mol. The number of nitrogens with one attached hydrogen (secondary N) is 1. The van der Waals surface area contributed by atoms with E-state index in [1.807, 2.05) is 44.2 Å². The Labute approximate surface area is 136 Å². The normalized spacial score (nSPS) is 13.1. The van der Waals surface area contributed by atoms with Gasteiger partial charge in [0.1, 0.15) is 0 Å². The van der Waals surface area contributed by atoms with Crippen molar-refractivity contribution >= 4 is 11.9 Å². The molecule has 2 unspecified atom stereocenters. The minimum atomic E-state index is -0.923. The van der Waals surface area contributed by atoms with Gasteiger partial charge in [-0.1, -0.05) is 43.3 Å². The highest BCUT2D eigenvalue weighted by atomic mass is 16.4. The maximum Gasteiger partial charge on any atom is 0.335 e. The van der Waals surface area contributed by atoms with Gasteiger partial charge in [0.25, 0.3) is 5.91 Å². The van der Waals surface area contributed by atoms with Gasteiger partial charge in [0.05, 0.1) is 5.56 Å². The van der Waals surface area contributed by atoms with Crippen LogP contribution in [0, 0.1) is 0 Å². The summed E-state index contributed by atoms with van der Waals surface area (Å²) in [6.07, 6.45) is 0.670. The summed E-state index contributed by atoms with van der Waals surface area (Å²) in [5, 5.41) is 12.2. The zero-order chi connectivity index (χ0) is 16.8. The molecular weight excluding hydrogens is 290 g/mol. The number of carbonyl (C=O) groups excluding carboxylic acids is 1. The average Bonchev–Trinajstić information content (AvgIpc) is 2.55. The largest absolute Gasteiger partial charge is 0.478 e. The van der Waals surface area contributed by atoms with E-state index in [0.717, 1.165) is 5.56 Å². The Morgan fingerprint density at radius 1 is 1.00 bits per heavy atom. The molecule has 2 atom stereocenters. The van der Waals surface area contributed by atoms with E-state index in [4.69, 9.17) is 0 Å². The Kier molecular flexibility index (Phi) is 5.52. The van der Waals surface area contributed by atoms with Gasteiger partial charge < -0.3 is 10.4 Å². The van der Waals surface area contributed by atoms with Crippen molar-refractivity contribution in [2.24, 2.45) is 0 Å². The van der Waals surface area contributed by atoms with E-state index in [1.54, 1.807) is 24.3 Å². The fourth-order valence-corrected chi connectivity index (χ4v) is 2.73. The van der Waals surface area contributed by atoms with E-state index in [0.29, 0.717) is 17.5 Å². The lowest BCUT2D eigenvalue weighted by molar-refractivity contribution is 0.0694. The van der Waals surface area contributed by atoms with Crippen LogP contribution in [0.1, 0.15) is 52.5 Å². The molecule has 0 saturated carbocycles. The molecule has 4 nitrogen and oxygen atoms in total. The van der Waals surface area contributed by atoms with Crippen LogP contribution < -0.4 is 5.32 Å². The van der Waals surface area contributed by atoms with Crippen LogP contribution >= 0.6 is 0 Å². The second-order valence-electron chi connectivity index (χ2n) is 5.77. The first kappa shape index (κ1) is 16.7. The first-order valence-corrected chi connectivity index (χ1v) is 7.67. The molecule has 2 aromatic rings. The number of carbonyl (C=O) groups is 2. The summed E-state index contributed by atoms with van der Waals surface area (Å²) in [6.45, 7) is 3.91. The van der Waals surface area contributed by atoms with E-state index in [2.05, 4.69) is 5.32 Å². The third-order valence-corrected chi connectivity index (χ3v) is 3.84. The van der Waals surface area contributed by atoms with Gasteiger partial charge in [0, 0.05) is 11.6 Å². The van der Waals surface area contributed by atoms with Gasteiger partial charge in [0.2, 0.25) is 0 Å². The van der Waals surface area contributed by atoms with Crippen LogP contribution in [-0.2, 0) is 0 Å². The van der Waals surface area contributed by atoms with Crippen molar-refractivity contribution in [3.8, 4) is 0 Å². The highest BCUT2D eigenvalue weighted by Crippen LogP contribution is 2.24. The van der Waals surface area contributed by atoms with E-state index in [9.17, 15) is 14.7 Å². The third-order valence-electron chi connectivity index (χ3n) is 3.84. The predicted molar refractivity (Wildman–Crippen MR) is 89.8 cm³/mol. The molecule has 0 radical (unpaired) electrons. The van der Waals surface area contributed by atoms with Gasteiger partial charge in [-0.2, -0.15) is 0 Å². The molecule has 23 heavy (non-hydrogen) atoms. The highest BCUT2D eigenvalue weighted by molar-refractivity contribution is 5.94. The lowest BCUT2D eigenvalue weighted by Crippen LogP contribution is -2.33. The van der Waals surface area contributed by atoms with Crippen molar-refractivity contribution in [3.63, 3.8) is 0 Å². The number of rotatable bonds is 6. The number of carboxylic acids is 1. The number of amides is 1. The van der Waals surface area contributed by atoms with Crippen molar-refractivity contribution < 1.29 is 14.7 Å². The van der Waals surface area contributed by atoms with Crippen molar-refractivity contribution in [2.75, 3.05) is 0 Å². The molecule has 120 valence electrons. The molecule has 0 fully saturated rings. The molecule has 1 amide bonds. The molecule has 0 aliphatic rings. The van der Waals surface area contributed by atoms with Crippen molar-refractivity contribution in [1.29, 1.82) is 0 Å². The number of hydrogen-bond acceptors (Lipinski definition) is 2. The zero-order valence-corrected chi connectivity index (χ0v) is 13.3. The molecule has 0 heterocycles. The summed E-state index contributed by atoms with van der Waals surface area (Å²) in [5.41, 5.74) is 1.74. The maximum atomic E-state index is 12.1. The lowest BCUT2D eigenvalue weighted by Gasteiger charge is -2.20. The van der Waals surface area contributed by atoms with Crippen LogP contribution in [0.2, 0.25) is 0 Å². The van der Waals surface area contributed by atoms with E-state index in [1.165, 1.54) is 0 Å². The number of carboxylic acid groups (broad SMARTS) is 1. The Bertz CT molecular complexity index is 682. The van der Waals surface area contributed by atoms with Gasteiger partial charge in [0.15, 0.2) is 0 Å². The van der Waals surface area contributed by atoms with Gasteiger partial charge in [-0.25, -0.2) is 4.79 Å². The summed E-state index contributed by atoms with van der Waals surface area (Å²) in [5.74, 6) is -1.00. The van der Waals surface area contributed by atoms with Gasteiger partial charge in [-0.15, -0.1) is 0 Å². The van der Waals surface area contributed by atoms with Crippen LogP contribution in [0.15, 0.2) is 54.6 Å². The molecule has 2 N–H and O–H groups in total. The first-order chi connectivity index (χ1) is 11.0. The predicted octanol–water partition coefficient (Wildman–Crippen LogP) is 3.70.